The summed E-state index contributed by atoms with van der Waals surface area (Å²) in [6, 6.07) is 0.522. The minimum atomic E-state index is -2.88. The summed E-state index contributed by atoms with van der Waals surface area (Å²) in [6.45, 7) is 10.6. The number of nitrogens with one attached hydrogen (secondary N) is 1. The van der Waals surface area contributed by atoms with E-state index in [1.807, 2.05) is 6.92 Å². The molecule has 0 aliphatic heterocycles. The molecule has 19 heavy (non-hydrogen) atoms. The molecule has 3 unspecified atom stereocenters. The number of sulfone groups is 1. The van der Waals surface area contributed by atoms with Crippen molar-refractivity contribution in [1.29, 1.82) is 0 Å². The topological polar surface area (TPSA) is 46.2 Å². The summed E-state index contributed by atoms with van der Waals surface area (Å²) < 4.78 is 23.4. The maximum Gasteiger partial charge on any atom is 0.151 e. The van der Waals surface area contributed by atoms with Gasteiger partial charge in [-0.25, -0.2) is 8.42 Å². The third kappa shape index (κ3) is 5.42. The van der Waals surface area contributed by atoms with Crippen LogP contribution in [0.4, 0.5) is 0 Å². The second-order valence-corrected chi connectivity index (χ2v) is 9.53. The minimum absolute atomic E-state index is 0.0536. The predicted molar refractivity (Wildman–Crippen MR) is 82.1 cm³/mol. The van der Waals surface area contributed by atoms with Gasteiger partial charge in [-0.15, -0.1) is 0 Å². The molecule has 1 aliphatic rings. The van der Waals surface area contributed by atoms with E-state index < -0.39 is 9.84 Å². The Hall–Kier alpha value is -0.0900. The zero-order valence-corrected chi connectivity index (χ0v) is 14.0. The highest BCUT2D eigenvalue weighted by Gasteiger charge is 2.34. The molecule has 3 atom stereocenters. The van der Waals surface area contributed by atoms with Crippen molar-refractivity contribution >= 4 is 9.84 Å². The van der Waals surface area contributed by atoms with E-state index in [0.29, 0.717) is 17.4 Å². The van der Waals surface area contributed by atoms with Crippen LogP contribution in [0.1, 0.15) is 60.3 Å². The lowest BCUT2D eigenvalue weighted by atomic mass is 9.69. The second-order valence-electron chi connectivity index (χ2n) is 7.13. The zero-order valence-electron chi connectivity index (χ0n) is 13.2. The van der Waals surface area contributed by atoms with Crippen LogP contribution in [0.3, 0.4) is 0 Å². The van der Waals surface area contributed by atoms with Crippen LogP contribution in [0.25, 0.3) is 0 Å². The molecule has 114 valence electrons. The summed E-state index contributed by atoms with van der Waals surface area (Å²) in [4.78, 5) is 0. The Morgan fingerprint density at radius 1 is 1.21 bits per heavy atom. The van der Waals surface area contributed by atoms with Crippen LogP contribution in [0.5, 0.6) is 0 Å². The van der Waals surface area contributed by atoms with Gasteiger partial charge >= 0.3 is 0 Å². The largest absolute Gasteiger partial charge is 0.310 e. The van der Waals surface area contributed by atoms with E-state index >= 15 is 0 Å². The lowest BCUT2D eigenvalue weighted by molar-refractivity contribution is 0.126. The van der Waals surface area contributed by atoms with E-state index in [1.165, 1.54) is 25.7 Å². The fourth-order valence-electron chi connectivity index (χ4n) is 3.28. The highest BCUT2D eigenvalue weighted by Crippen LogP contribution is 2.38. The van der Waals surface area contributed by atoms with Gasteiger partial charge in [-0.2, -0.15) is 0 Å². The fourth-order valence-corrected chi connectivity index (χ4v) is 4.37. The summed E-state index contributed by atoms with van der Waals surface area (Å²) in [5.74, 6) is 1.15. The Morgan fingerprint density at radius 3 is 2.32 bits per heavy atom. The first-order chi connectivity index (χ1) is 8.65. The minimum Gasteiger partial charge on any atom is -0.310 e. The quantitative estimate of drug-likeness (QED) is 0.846. The van der Waals surface area contributed by atoms with Gasteiger partial charge in [0, 0.05) is 17.8 Å². The van der Waals surface area contributed by atoms with Crippen molar-refractivity contribution in [2.45, 2.75) is 72.4 Å². The van der Waals surface area contributed by atoms with Crippen molar-refractivity contribution in [3.8, 4) is 0 Å². The summed E-state index contributed by atoms with van der Waals surface area (Å²) in [7, 11) is -2.88. The molecule has 1 rings (SSSR count). The Labute approximate surface area is 119 Å². The molecule has 0 aromatic rings. The molecule has 0 aromatic heterocycles. The molecular formula is C15H31NO2S. The number of rotatable bonds is 5. The van der Waals surface area contributed by atoms with E-state index in [1.54, 1.807) is 6.92 Å². The van der Waals surface area contributed by atoms with Crippen LogP contribution in [0.15, 0.2) is 0 Å². The standard InChI is InChI=1S/C15H31NO2S/c1-6-19(17,18)11-12(2)16-14-10-8-7-9-13(14)15(3,4)5/h12-14,16H,6-11H2,1-5H3. The molecule has 0 amide bonds. The van der Waals surface area contributed by atoms with Gasteiger partial charge in [0.2, 0.25) is 0 Å². The van der Waals surface area contributed by atoms with Gasteiger partial charge in [0.25, 0.3) is 0 Å². The molecule has 0 aromatic carbocycles. The smallest absolute Gasteiger partial charge is 0.151 e. The van der Waals surface area contributed by atoms with Crippen molar-refractivity contribution in [2.24, 2.45) is 11.3 Å². The highest BCUT2D eigenvalue weighted by molar-refractivity contribution is 7.91. The van der Waals surface area contributed by atoms with Gasteiger partial charge in [-0.1, -0.05) is 40.5 Å². The lowest BCUT2D eigenvalue weighted by Gasteiger charge is -2.42. The monoisotopic (exact) mass is 289 g/mol. The Bertz CT molecular complexity index is 370. The van der Waals surface area contributed by atoms with Crippen LogP contribution in [0, 0.1) is 11.3 Å². The van der Waals surface area contributed by atoms with Gasteiger partial charge in [0.1, 0.15) is 0 Å². The van der Waals surface area contributed by atoms with Crippen molar-refractivity contribution in [2.75, 3.05) is 11.5 Å². The van der Waals surface area contributed by atoms with Gasteiger partial charge < -0.3 is 5.32 Å². The molecule has 4 heteroatoms. The van der Waals surface area contributed by atoms with Crippen molar-refractivity contribution in [3.63, 3.8) is 0 Å². The number of hydrogen-bond acceptors (Lipinski definition) is 3. The van der Waals surface area contributed by atoms with Gasteiger partial charge in [-0.3, -0.25) is 0 Å². The first-order valence-electron chi connectivity index (χ1n) is 7.62. The van der Waals surface area contributed by atoms with Crippen LogP contribution < -0.4 is 5.32 Å². The van der Waals surface area contributed by atoms with Crippen LogP contribution in [-0.4, -0.2) is 32.0 Å². The first kappa shape index (κ1) is 17.0. The molecule has 0 bridgehead atoms. The Balaban J connectivity index is 2.63. The van der Waals surface area contributed by atoms with E-state index in [-0.39, 0.29) is 17.5 Å². The second kappa shape index (κ2) is 6.57. The molecular weight excluding hydrogens is 258 g/mol. The molecule has 1 saturated carbocycles. The van der Waals surface area contributed by atoms with E-state index in [4.69, 9.17) is 0 Å². The van der Waals surface area contributed by atoms with Crippen LogP contribution in [-0.2, 0) is 9.84 Å². The Kier molecular flexibility index (Phi) is 5.87. The maximum atomic E-state index is 11.7. The van der Waals surface area contributed by atoms with Crippen molar-refractivity contribution < 1.29 is 8.42 Å². The molecule has 0 radical (unpaired) electrons. The fraction of sp³-hybridized carbons (Fsp3) is 1.00. The summed E-state index contributed by atoms with van der Waals surface area (Å²) >= 11 is 0. The van der Waals surface area contributed by atoms with Crippen LogP contribution in [0.2, 0.25) is 0 Å². The third-order valence-electron chi connectivity index (χ3n) is 4.32. The van der Waals surface area contributed by atoms with Crippen molar-refractivity contribution in [3.05, 3.63) is 0 Å². The summed E-state index contributed by atoms with van der Waals surface area (Å²) in [6.07, 6.45) is 5.01. The van der Waals surface area contributed by atoms with Crippen LogP contribution >= 0.6 is 0 Å². The molecule has 3 nitrogen and oxygen atoms in total. The molecule has 1 aliphatic carbocycles. The Morgan fingerprint density at radius 2 is 1.79 bits per heavy atom. The SMILES string of the molecule is CCS(=O)(=O)CC(C)NC1CCCCC1C(C)(C)C. The summed E-state index contributed by atoms with van der Waals surface area (Å²) in [5.41, 5.74) is 0.293. The third-order valence-corrected chi connectivity index (χ3v) is 6.21. The molecule has 0 saturated heterocycles. The molecule has 1 N–H and O–H groups in total. The summed E-state index contributed by atoms with van der Waals surface area (Å²) in [5, 5.41) is 3.59. The van der Waals surface area contributed by atoms with Gasteiger partial charge in [0.05, 0.1) is 5.75 Å². The molecule has 0 heterocycles. The first-order valence-corrected chi connectivity index (χ1v) is 9.44. The van der Waals surface area contributed by atoms with Gasteiger partial charge in [0.15, 0.2) is 9.84 Å². The predicted octanol–water partition coefficient (Wildman–Crippen LogP) is 3.00. The number of hydrogen-bond donors (Lipinski definition) is 1. The van der Waals surface area contributed by atoms with E-state index in [9.17, 15) is 8.42 Å². The van der Waals surface area contributed by atoms with E-state index in [2.05, 4.69) is 26.1 Å². The molecule has 1 fully saturated rings. The normalized spacial score (nSPS) is 27.2. The van der Waals surface area contributed by atoms with E-state index in [0.717, 1.165) is 0 Å². The lowest BCUT2D eigenvalue weighted by Crippen LogP contribution is -2.49. The highest BCUT2D eigenvalue weighted by atomic mass is 32.2. The van der Waals surface area contributed by atoms with Crippen molar-refractivity contribution in [1.82, 2.24) is 5.32 Å². The maximum absolute atomic E-state index is 11.7. The average Bonchev–Trinajstić information content (AvgIpc) is 2.27. The zero-order chi connectivity index (χ0) is 14.7. The van der Waals surface area contributed by atoms with Gasteiger partial charge in [-0.05, 0) is 31.1 Å². The molecule has 0 spiro atoms. The average molecular weight is 289 g/mol.